The molecule has 142 valence electrons. The molecule has 0 saturated heterocycles. The zero-order valence-corrected chi connectivity index (χ0v) is 15.6. The zero-order chi connectivity index (χ0) is 19.2. The summed E-state index contributed by atoms with van der Waals surface area (Å²) in [7, 11) is 0. The number of benzene rings is 2. The number of nitrogens with zero attached hydrogens (tertiary/aromatic N) is 1. The molecular formula is C19H19NO6S. The van der Waals surface area contributed by atoms with Crippen LogP contribution in [-0.4, -0.2) is 23.4 Å². The predicted octanol–water partition coefficient (Wildman–Crippen LogP) is 3.75. The van der Waals surface area contributed by atoms with Crippen LogP contribution in [0, 0.1) is 17.0 Å². The number of rotatable bonds is 7. The molecule has 0 unspecified atom stereocenters. The molecule has 0 aromatic heterocycles. The van der Waals surface area contributed by atoms with Crippen molar-refractivity contribution in [1.82, 2.24) is 0 Å². The molecule has 2 aromatic carbocycles. The highest BCUT2D eigenvalue weighted by molar-refractivity contribution is 7.99. The van der Waals surface area contributed by atoms with E-state index < -0.39 is 4.92 Å². The average Bonchev–Trinajstić information content (AvgIpc) is 2.67. The number of ether oxygens (including phenoxy) is 3. The molecule has 0 spiro atoms. The van der Waals surface area contributed by atoms with Crippen LogP contribution < -0.4 is 4.74 Å². The summed E-state index contributed by atoms with van der Waals surface area (Å²) < 4.78 is 15.9. The number of nitro groups is 1. The second-order valence-corrected chi connectivity index (χ2v) is 7.09. The Morgan fingerprint density at radius 2 is 2.07 bits per heavy atom. The molecule has 1 aliphatic rings. The van der Waals surface area contributed by atoms with Crippen molar-refractivity contribution in [3.05, 3.63) is 68.8 Å². The standard InChI is InChI=1S/C19H19NO6S/c1-13-2-4-14(5-3-13)10-27-11-18(21)25-9-16-7-17(20(22)23)6-15-8-24-12-26-19(15)16/h2-7H,8-12H2,1H3. The average molecular weight is 389 g/mol. The van der Waals surface area contributed by atoms with Crippen LogP contribution in [0.5, 0.6) is 5.75 Å². The summed E-state index contributed by atoms with van der Waals surface area (Å²) in [5.74, 6) is 1.03. The number of hydrogen-bond acceptors (Lipinski definition) is 7. The third-order valence-corrected chi connectivity index (χ3v) is 4.96. The highest BCUT2D eigenvalue weighted by Crippen LogP contribution is 2.33. The maximum absolute atomic E-state index is 12.0. The Labute approximate surface area is 160 Å². The number of esters is 1. The van der Waals surface area contributed by atoms with E-state index in [0.29, 0.717) is 22.6 Å². The Morgan fingerprint density at radius 3 is 2.81 bits per heavy atom. The highest BCUT2D eigenvalue weighted by atomic mass is 32.2. The Bertz CT molecular complexity index is 837. The van der Waals surface area contributed by atoms with Crippen molar-refractivity contribution in [2.75, 3.05) is 12.5 Å². The number of carbonyl (C=O) groups excluding carboxylic acids is 1. The van der Waals surface area contributed by atoms with Gasteiger partial charge in [-0.25, -0.2) is 0 Å². The predicted molar refractivity (Wildman–Crippen MR) is 101 cm³/mol. The van der Waals surface area contributed by atoms with Crippen LogP contribution >= 0.6 is 11.8 Å². The summed E-state index contributed by atoms with van der Waals surface area (Å²) in [6.07, 6.45) is 0. The summed E-state index contributed by atoms with van der Waals surface area (Å²) >= 11 is 1.46. The largest absolute Gasteiger partial charge is 0.467 e. The Morgan fingerprint density at radius 1 is 1.30 bits per heavy atom. The van der Waals surface area contributed by atoms with Gasteiger partial charge in [-0.15, -0.1) is 11.8 Å². The SMILES string of the molecule is Cc1ccc(CSCC(=O)OCc2cc([N+](=O)[O-])cc3c2OCOC3)cc1. The van der Waals surface area contributed by atoms with Gasteiger partial charge in [0.25, 0.3) is 5.69 Å². The van der Waals surface area contributed by atoms with Gasteiger partial charge in [-0.3, -0.25) is 14.9 Å². The van der Waals surface area contributed by atoms with Gasteiger partial charge in [0.05, 0.1) is 17.3 Å². The van der Waals surface area contributed by atoms with E-state index in [2.05, 4.69) is 0 Å². The number of thioether (sulfide) groups is 1. The summed E-state index contributed by atoms with van der Waals surface area (Å²) in [5, 5.41) is 11.1. The summed E-state index contributed by atoms with van der Waals surface area (Å²) in [6, 6.07) is 10.9. The topological polar surface area (TPSA) is 87.9 Å². The first kappa shape index (κ1) is 19.2. The maximum Gasteiger partial charge on any atom is 0.316 e. The normalized spacial score (nSPS) is 12.8. The quantitative estimate of drug-likeness (QED) is 0.405. The van der Waals surface area contributed by atoms with Crippen molar-refractivity contribution in [3.63, 3.8) is 0 Å². The fourth-order valence-corrected chi connectivity index (χ4v) is 3.41. The first-order valence-corrected chi connectivity index (χ1v) is 9.48. The molecule has 3 rings (SSSR count). The lowest BCUT2D eigenvalue weighted by molar-refractivity contribution is -0.385. The Balaban J connectivity index is 1.55. The number of non-ortho nitro benzene ring substituents is 1. The van der Waals surface area contributed by atoms with Gasteiger partial charge in [-0.2, -0.15) is 0 Å². The molecule has 1 aliphatic heterocycles. The van der Waals surface area contributed by atoms with Crippen LogP contribution in [0.3, 0.4) is 0 Å². The van der Waals surface area contributed by atoms with Crippen molar-refractivity contribution < 1.29 is 23.9 Å². The highest BCUT2D eigenvalue weighted by Gasteiger charge is 2.21. The maximum atomic E-state index is 12.0. The lowest BCUT2D eigenvalue weighted by Crippen LogP contribution is -2.15. The molecule has 0 aliphatic carbocycles. The smallest absolute Gasteiger partial charge is 0.316 e. The van der Waals surface area contributed by atoms with Gasteiger partial charge in [0.2, 0.25) is 0 Å². The first-order valence-electron chi connectivity index (χ1n) is 8.32. The fraction of sp³-hybridized carbons (Fsp3) is 0.316. The molecule has 0 saturated carbocycles. The Kier molecular flexibility index (Phi) is 6.31. The van der Waals surface area contributed by atoms with E-state index in [4.69, 9.17) is 14.2 Å². The monoisotopic (exact) mass is 389 g/mol. The fourth-order valence-electron chi connectivity index (χ4n) is 2.63. The number of fused-ring (bicyclic) bond motifs is 1. The van der Waals surface area contributed by atoms with Gasteiger partial charge < -0.3 is 14.2 Å². The second kappa shape index (κ2) is 8.88. The van der Waals surface area contributed by atoms with Crippen molar-refractivity contribution in [1.29, 1.82) is 0 Å². The molecular weight excluding hydrogens is 370 g/mol. The number of aryl methyl sites for hydroxylation is 1. The van der Waals surface area contributed by atoms with E-state index in [1.165, 1.54) is 29.5 Å². The minimum atomic E-state index is -0.488. The minimum absolute atomic E-state index is 0.0676. The van der Waals surface area contributed by atoms with E-state index in [1.807, 2.05) is 31.2 Å². The van der Waals surface area contributed by atoms with Crippen LogP contribution in [0.1, 0.15) is 22.3 Å². The summed E-state index contributed by atoms with van der Waals surface area (Å²) in [4.78, 5) is 22.6. The van der Waals surface area contributed by atoms with Crippen molar-refractivity contribution >= 4 is 23.4 Å². The van der Waals surface area contributed by atoms with E-state index in [0.717, 1.165) is 5.56 Å². The molecule has 0 bridgehead atoms. The van der Waals surface area contributed by atoms with Gasteiger partial charge in [0.15, 0.2) is 6.79 Å². The van der Waals surface area contributed by atoms with Crippen LogP contribution in [0.4, 0.5) is 5.69 Å². The third kappa shape index (κ3) is 5.21. The number of hydrogen-bond donors (Lipinski definition) is 0. The molecule has 0 radical (unpaired) electrons. The van der Waals surface area contributed by atoms with E-state index >= 15 is 0 Å². The van der Waals surface area contributed by atoms with Gasteiger partial charge in [-0.05, 0) is 12.5 Å². The minimum Gasteiger partial charge on any atom is -0.467 e. The van der Waals surface area contributed by atoms with Crippen molar-refractivity contribution in [2.45, 2.75) is 25.9 Å². The van der Waals surface area contributed by atoms with Crippen molar-refractivity contribution in [3.8, 4) is 5.75 Å². The first-order chi connectivity index (χ1) is 13.0. The van der Waals surface area contributed by atoms with E-state index in [1.54, 1.807) is 0 Å². The van der Waals surface area contributed by atoms with Gasteiger partial charge >= 0.3 is 5.97 Å². The molecule has 0 fully saturated rings. The molecule has 27 heavy (non-hydrogen) atoms. The van der Waals surface area contributed by atoms with Crippen molar-refractivity contribution in [2.24, 2.45) is 0 Å². The van der Waals surface area contributed by atoms with Crippen LogP contribution in [0.25, 0.3) is 0 Å². The van der Waals surface area contributed by atoms with E-state index in [-0.39, 0.29) is 37.4 Å². The Hall–Kier alpha value is -2.58. The molecule has 2 aromatic rings. The second-order valence-electron chi connectivity index (χ2n) is 6.10. The third-order valence-electron chi connectivity index (χ3n) is 3.98. The van der Waals surface area contributed by atoms with Gasteiger partial charge in [0.1, 0.15) is 12.4 Å². The van der Waals surface area contributed by atoms with Gasteiger partial charge in [-0.1, -0.05) is 29.8 Å². The summed E-state index contributed by atoms with van der Waals surface area (Å²) in [5.41, 5.74) is 3.30. The van der Waals surface area contributed by atoms with Gasteiger partial charge in [0, 0.05) is 29.0 Å². The number of nitro benzene ring substituents is 1. The molecule has 7 nitrogen and oxygen atoms in total. The summed E-state index contributed by atoms with van der Waals surface area (Å²) in [6.45, 7) is 2.24. The molecule has 0 amide bonds. The molecule has 0 N–H and O–H groups in total. The lowest BCUT2D eigenvalue weighted by Gasteiger charge is -2.20. The van der Waals surface area contributed by atoms with Crippen LogP contribution in [-0.2, 0) is 33.2 Å². The lowest BCUT2D eigenvalue weighted by atomic mass is 10.1. The van der Waals surface area contributed by atoms with E-state index in [9.17, 15) is 14.9 Å². The zero-order valence-electron chi connectivity index (χ0n) is 14.8. The molecule has 0 atom stereocenters. The number of carbonyl (C=O) groups is 1. The molecule has 8 heteroatoms. The van der Waals surface area contributed by atoms with Crippen LogP contribution in [0.15, 0.2) is 36.4 Å². The molecule has 1 heterocycles. The van der Waals surface area contributed by atoms with Crippen LogP contribution in [0.2, 0.25) is 0 Å².